The third-order valence-corrected chi connectivity index (χ3v) is 8.41. The molecular weight excluding hydrogens is 526 g/mol. The number of carbonyl (C=O) groups is 2. The third-order valence-electron chi connectivity index (χ3n) is 8.41. The Morgan fingerprint density at radius 1 is 1.02 bits per heavy atom. The van der Waals surface area contributed by atoms with Crippen LogP contribution in [0, 0.1) is 19.3 Å². The number of aromatic nitrogens is 1. The number of carboxylic acids is 1. The number of nitrogens with zero attached hydrogens (tertiary/aromatic N) is 2. The van der Waals surface area contributed by atoms with E-state index in [2.05, 4.69) is 24.1 Å². The van der Waals surface area contributed by atoms with Gasteiger partial charge < -0.3 is 20.1 Å². The molecule has 2 N–H and O–H groups in total. The largest absolute Gasteiger partial charge is 0.479 e. The average Bonchev–Trinajstić information content (AvgIpc) is 2.95. The van der Waals surface area contributed by atoms with E-state index in [-0.39, 0.29) is 11.3 Å². The number of carbonyl (C=O) groups excluding carboxylic acids is 1. The number of nitrogens with one attached hydrogen (secondary N) is 1. The number of pyridine rings is 1. The monoisotopic (exact) mass is 571 g/mol. The first kappa shape index (κ1) is 31.2. The maximum absolute atomic E-state index is 12.9. The van der Waals surface area contributed by atoms with Crippen LogP contribution in [-0.2, 0) is 16.1 Å². The molecular formula is C35H45N3O4. The smallest absolute Gasteiger partial charge is 0.337 e. The first-order valence-electron chi connectivity index (χ1n) is 14.9. The van der Waals surface area contributed by atoms with Gasteiger partial charge in [0.2, 0.25) is 0 Å². The third kappa shape index (κ3) is 7.19. The van der Waals surface area contributed by atoms with E-state index in [0.29, 0.717) is 23.4 Å². The molecule has 0 radical (unpaired) electrons. The van der Waals surface area contributed by atoms with Crippen molar-refractivity contribution in [1.82, 2.24) is 10.3 Å². The molecule has 4 rings (SSSR count). The van der Waals surface area contributed by atoms with Crippen LogP contribution in [0.15, 0.2) is 54.6 Å². The van der Waals surface area contributed by atoms with Crippen molar-refractivity contribution in [2.45, 2.75) is 86.0 Å². The van der Waals surface area contributed by atoms with Gasteiger partial charge in [-0.3, -0.25) is 9.78 Å². The molecule has 1 amide bonds. The molecule has 0 spiro atoms. The first-order chi connectivity index (χ1) is 19.8. The Hall–Kier alpha value is -3.71. The summed E-state index contributed by atoms with van der Waals surface area (Å²) in [6, 6.07) is 17.3. The number of aryl methyl sites for hydroxylation is 2. The number of rotatable bonds is 9. The number of piperidine rings is 1. The molecule has 224 valence electrons. The molecule has 0 bridgehead atoms. The molecule has 2 heterocycles. The SMILES string of the molecule is CCC1(C)CCN(c2c(-c3ccc(C(=O)NCc4ccccc4)cc3)c(C)nc(C)c2C(OC(C)(C)C)C(=O)O)CC1. The molecule has 1 aliphatic heterocycles. The molecule has 42 heavy (non-hydrogen) atoms. The van der Waals surface area contributed by atoms with E-state index < -0.39 is 17.7 Å². The lowest BCUT2D eigenvalue weighted by Gasteiger charge is -2.42. The minimum atomic E-state index is -1.17. The fourth-order valence-electron chi connectivity index (χ4n) is 5.71. The van der Waals surface area contributed by atoms with E-state index in [1.807, 2.05) is 89.2 Å². The van der Waals surface area contributed by atoms with Crippen LogP contribution in [0.2, 0.25) is 0 Å². The van der Waals surface area contributed by atoms with E-state index >= 15 is 0 Å². The van der Waals surface area contributed by atoms with Crippen LogP contribution in [0.3, 0.4) is 0 Å². The van der Waals surface area contributed by atoms with Gasteiger partial charge in [-0.25, -0.2) is 4.79 Å². The predicted molar refractivity (Wildman–Crippen MR) is 168 cm³/mol. The van der Waals surface area contributed by atoms with Gasteiger partial charge in [-0.05, 0) is 76.1 Å². The lowest BCUT2D eigenvalue weighted by atomic mass is 9.77. The lowest BCUT2D eigenvalue weighted by Crippen LogP contribution is -2.40. The first-order valence-corrected chi connectivity index (χ1v) is 14.9. The van der Waals surface area contributed by atoms with E-state index in [1.54, 1.807) is 0 Å². The molecule has 1 saturated heterocycles. The van der Waals surface area contributed by atoms with Crippen LogP contribution in [0.5, 0.6) is 0 Å². The minimum absolute atomic E-state index is 0.149. The Kier molecular flexibility index (Phi) is 9.41. The summed E-state index contributed by atoms with van der Waals surface area (Å²) in [5.74, 6) is -1.18. The second kappa shape index (κ2) is 12.7. The van der Waals surface area contributed by atoms with Gasteiger partial charge in [0.25, 0.3) is 5.91 Å². The van der Waals surface area contributed by atoms with Crippen LogP contribution in [0.1, 0.15) is 92.9 Å². The second-order valence-electron chi connectivity index (χ2n) is 12.8. The van der Waals surface area contributed by atoms with Crippen molar-refractivity contribution in [2.75, 3.05) is 18.0 Å². The molecule has 1 fully saturated rings. The zero-order valence-corrected chi connectivity index (χ0v) is 26.1. The number of hydrogen-bond acceptors (Lipinski definition) is 5. The summed E-state index contributed by atoms with van der Waals surface area (Å²) < 4.78 is 6.19. The summed E-state index contributed by atoms with van der Waals surface area (Å²) in [6.45, 7) is 16.1. The highest BCUT2D eigenvalue weighted by atomic mass is 16.5. The highest BCUT2D eigenvalue weighted by molar-refractivity contribution is 5.95. The second-order valence-corrected chi connectivity index (χ2v) is 12.8. The number of aliphatic carboxylic acids is 1. The van der Waals surface area contributed by atoms with E-state index in [0.717, 1.165) is 60.4 Å². The topological polar surface area (TPSA) is 91.8 Å². The Bertz CT molecular complexity index is 1400. The van der Waals surface area contributed by atoms with Gasteiger partial charge in [0.15, 0.2) is 6.10 Å². The highest BCUT2D eigenvalue weighted by Crippen LogP contribution is 2.45. The Morgan fingerprint density at radius 2 is 1.64 bits per heavy atom. The Morgan fingerprint density at radius 3 is 2.19 bits per heavy atom. The summed E-state index contributed by atoms with van der Waals surface area (Å²) in [7, 11) is 0. The zero-order chi connectivity index (χ0) is 30.7. The quantitative estimate of drug-likeness (QED) is 0.281. The molecule has 0 saturated carbocycles. The van der Waals surface area contributed by atoms with Crippen molar-refractivity contribution in [3.8, 4) is 11.1 Å². The van der Waals surface area contributed by atoms with Crippen molar-refractivity contribution in [3.63, 3.8) is 0 Å². The fraction of sp³-hybridized carbons (Fsp3) is 0.457. The number of anilines is 1. The van der Waals surface area contributed by atoms with Gasteiger partial charge in [-0.15, -0.1) is 0 Å². The number of amides is 1. The van der Waals surface area contributed by atoms with Crippen LogP contribution in [0.4, 0.5) is 5.69 Å². The van der Waals surface area contributed by atoms with Crippen LogP contribution >= 0.6 is 0 Å². The van der Waals surface area contributed by atoms with E-state index in [4.69, 9.17) is 9.72 Å². The summed E-state index contributed by atoms with van der Waals surface area (Å²) >= 11 is 0. The molecule has 1 atom stereocenters. The summed E-state index contributed by atoms with van der Waals surface area (Å²) in [5.41, 5.74) is 5.90. The average molecular weight is 572 g/mol. The van der Waals surface area contributed by atoms with Gasteiger partial charge in [0.05, 0.1) is 11.3 Å². The molecule has 0 aliphatic carbocycles. The standard InChI is InChI=1S/C35H45N3O4/c1-8-35(7)18-20-38(21-19-35)30-28(23(2)37-24(3)29(30)31(33(40)41)42-34(4,5)6)26-14-16-27(17-15-26)32(39)36-22-25-12-10-9-11-13-25/h9-17,31H,8,18-22H2,1-7H3,(H,36,39)(H,40,41). The molecule has 1 aliphatic rings. The van der Waals surface area contributed by atoms with E-state index in [9.17, 15) is 14.7 Å². The zero-order valence-electron chi connectivity index (χ0n) is 26.1. The van der Waals surface area contributed by atoms with Gasteiger partial charge in [-0.2, -0.15) is 0 Å². The van der Waals surface area contributed by atoms with Gasteiger partial charge >= 0.3 is 5.97 Å². The van der Waals surface area contributed by atoms with Crippen molar-refractivity contribution in [1.29, 1.82) is 0 Å². The maximum atomic E-state index is 12.9. The summed E-state index contributed by atoms with van der Waals surface area (Å²) in [6.07, 6.45) is 1.96. The van der Waals surface area contributed by atoms with Gasteiger partial charge in [-0.1, -0.05) is 62.7 Å². The molecule has 7 heteroatoms. The number of benzene rings is 2. The minimum Gasteiger partial charge on any atom is -0.479 e. The molecule has 1 unspecified atom stereocenters. The molecule has 7 nitrogen and oxygen atoms in total. The number of carboxylic acid groups (broad SMARTS) is 1. The van der Waals surface area contributed by atoms with Gasteiger partial charge in [0, 0.05) is 47.7 Å². The van der Waals surface area contributed by atoms with Crippen LogP contribution in [-0.4, -0.2) is 40.7 Å². The normalized spacial score (nSPS) is 15.7. The molecule has 1 aromatic heterocycles. The highest BCUT2D eigenvalue weighted by Gasteiger charge is 2.37. The Balaban J connectivity index is 1.77. The predicted octanol–water partition coefficient (Wildman–Crippen LogP) is 7.25. The lowest BCUT2D eigenvalue weighted by molar-refractivity contribution is -0.160. The van der Waals surface area contributed by atoms with Gasteiger partial charge in [0.1, 0.15) is 0 Å². The summed E-state index contributed by atoms with van der Waals surface area (Å²) in [4.78, 5) is 32.8. The van der Waals surface area contributed by atoms with Crippen molar-refractivity contribution in [2.24, 2.45) is 5.41 Å². The summed E-state index contributed by atoms with van der Waals surface area (Å²) in [5, 5.41) is 13.4. The van der Waals surface area contributed by atoms with Crippen molar-refractivity contribution in [3.05, 3.63) is 82.7 Å². The number of hydrogen-bond donors (Lipinski definition) is 2. The fourth-order valence-corrected chi connectivity index (χ4v) is 5.71. The Labute approximate surface area is 250 Å². The number of ether oxygens (including phenoxy) is 1. The molecule has 2 aromatic carbocycles. The van der Waals surface area contributed by atoms with Crippen LogP contribution in [0.25, 0.3) is 11.1 Å². The van der Waals surface area contributed by atoms with Crippen molar-refractivity contribution < 1.29 is 19.4 Å². The maximum Gasteiger partial charge on any atom is 0.337 e. The van der Waals surface area contributed by atoms with E-state index in [1.165, 1.54) is 0 Å². The van der Waals surface area contributed by atoms with Crippen molar-refractivity contribution >= 4 is 17.6 Å². The van der Waals surface area contributed by atoms with Crippen LogP contribution < -0.4 is 10.2 Å². The molecule has 3 aromatic rings.